The third-order valence-electron chi connectivity index (χ3n) is 8.23. The molecule has 2 aromatic rings. The third kappa shape index (κ3) is 10.1. The second-order valence-corrected chi connectivity index (χ2v) is 12.0. The van der Waals surface area contributed by atoms with Crippen LogP contribution in [0.2, 0.25) is 0 Å². The Balaban J connectivity index is 1.62. The summed E-state index contributed by atoms with van der Waals surface area (Å²) in [5.41, 5.74) is 1.12. The van der Waals surface area contributed by atoms with E-state index >= 15 is 0 Å². The average Bonchev–Trinajstić information content (AvgIpc) is 3.10. The van der Waals surface area contributed by atoms with E-state index in [9.17, 15) is 39.9 Å². The second-order valence-electron chi connectivity index (χ2n) is 12.0. The number of methoxy groups -OCH3 is 2. The lowest BCUT2D eigenvalue weighted by Crippen LogP contribution is -2.65. The highest BCUT2D eigenvalue weighted by Gasteiger charge is 2.54. The van der Waals surface area contributed by atoms with Crippen LogP contribution in [-0.2, 0) is 54.0 Å². The van der Waals surface area contributed by atoms with Crippen LogP contribution >= 0.6 is 0 Å². The normalized spacial score (nSPS) is 28.9. The highest BCUT2D eigenvalue weighted by Crippen LogP contribution is 2.34. The third-order valence-corrected chi connectivity index (χ3v) is 8.23. The number of benzene rings is 2. The molecule has 0 aromatic heterocycles. The van der Waals surface area contributed by atoms with E-state index in [0.29, 0.717) is 11.1 Å². The Morgan fingerprint density at radius 1 is 0.788 bits per heavy atom. The van der Waals surface area contributed by atoms with E-state index in [2.05, 4.69) is 0 Å². The van der Waals surface area contributed by atoms with Gasteiger partial charge in [0, 0.05) is 19.9 Å². The molecule has 2 heterocycles. The quantitative estimate of drug-likeness (QED) is 0.102. The van der Waals surface area contributed by atoms with Gasteiger partial charge in [-0.2, -0.15) is 0 Å². The molecular weight excluding hydrogens is 692 g/mol. The van der Waals surface area contributed by atoms with E-state index in [1.54, 1.807) is 12.1 Å². The fourth-order valence-electron chi connectivity index (χ4n) is 5.69. The van der Waals surface area contributed by atoms with E-state index in [0.717, 1.165) is 19.9 Å². The number of carbonyl (C=O) groups excluding carboxylic acids is 3. The zero-order valence-electron chi connectivity index (χ0n) is 29.1. The van der Waals surface area contributed by atoms with Crippen LogP contribution in [0.3, 0.4) is 0 Å². The first kappa shape index (κ1) is 40.3. The van der Waals surface area contributed by atoms with Crippen LogP contribution in [0.4, 0.5) is 0 Å². The summed E-state index contributed by atoms with van der Waals surface area (Å²) in [6.45, 7) is 2.80. The van der Waals surface area contributed by atoms with E-state index in [1.165, 1.54) is 51.5 Å². The summed E-state index contributed by atoms with van der Waals surface area (Å²) in [6.07, 6.45) is -12.2. The van der Waals surface area contributed by atoms with Gasteiger partial charge in [0.15, 0.2) is 53.9 Å². The van der Waals surface area contributed by atoms with Gasteiger partial charge in [0.25, 0.3) is 0 Å². The Labute approximate surface area is 299 Å². The van der Waals surface area contributed by atoms with Crippen molar-refractivity contribution in [1.29, 1.82) is 0 Å². The molecule has 0 aliphatic carbocycles. The monoisotopic (exact) mass is 736 g/mol. The van der Waals surface area contributed by atoms with Gasteiger partial charge in [-0.1, -0.05) is 12.1 Å². The van der Waals surface area contributed by atoms with Gasteiger partial charge in [-0.25, -0.2) is 4.79 Å². The number of aliphatic hydroxyl groups excluding tert-OH is 3. The van der Waals surface area contributed by atoms with Crippen molar-refractivity contribution in [1.82, 2.24) is 0 Å². The predicted molar refractivity (Wildman–Crippen MR) is 176 cm³/mol. The summed E-state index contributed by atoms with van der Waals surface area (Å²) in [6, 6.07) is 9.09. The van der Waals surface area contributed by atoms with Crippen molar-refractivity contribution in [2.75, 3.05) is 27.4 Å². The molecule has 2 aliphatic heterocycles. The van der Waals surface area contributed by atoms with Crippen molar-refractivity contribution in [3.05, 3.63) is 53.6 Å². The molecule has 0 saturated carbocycles. The minimum absolute atomic E-state index is 0.0601. The summed E-state index contributed by atoms with van der Waals surface area (Å²) in [4.78, 5) is 37.2. The lowest BCUT2D eigenvalue weighted by Gasteiger charge is -2.47. The molecule has 5 N–H and O–H groups in total. The van der Waals surface area contributed by atoms with E-state index in [1.807, 2.05) is 0 Å². The minimum atomic E-state index is -1.74. The number of ether oxygens (including phenoxy) is 9. The molecule has 17 heteroatoms. The summed E-state index contributed by atoms with van der Waals surface area (Å²) in [5.74, 6) is -2.38. The first-order chi connectivity index (χ1) is 24.8. The van der Waals surface area contributed by atoms with Crippen LogP contribution in [0.15, 0.2) is 42.5 Å². The number of phenols is 2. The Kier molecular flexibility index (Phi) is 14.2. The molecule has 0 amide bonds. The number of rotatable bonds is 14. The standard InChI is InChI=1S/C35H44O17/c1-17-28(42)31(48-18(2)37)33(49-19(3)38)35(47-17)52-32-29(43)34(46-13-12-21-7-10-24(44-4)23(40)14-21)50-26(16-36)30(32)51-27(41)11-8-20-6-9-22(39)25(15-20)45-5/h6-11,14-15,17,26,28-36,39-40,42-43H,12-13,16H2,1-5H3/b11-8+/t17-,26-,28-,29+,30?,31+,32+,33+,34+,35?/m0/s1. The summed E-state index contributed by atoms with van der Waals surface area (Å²) in [7, 11) is 2.77. The SMILES string of the molecule is COc1ccc(CCO[C@@H]2O[C@@H](CO)C(OC(=O)/C=C/c3ccc(O)c(OC)c3)[C@H](OC3O[C@@H](C)[C@H](O)[C@@H](OC(C)=O)[C@H]3OC(C)=O)[C@H]2O)cc1O. The molecule has 2 aliphatic rings. The molecule has 17 nitrogen and oxygen atoms in total. The van der Waals surface area contributed by atoms with Crippen molar-refractivity contribution >= 4 is 24.0 Å². The summed E-state index contributed by atoms with van der Waals surface area (Å²) < 4.78 is 50.1. The Bertz CT molecular complexity index is 1560. The first-order valence-corrected chi connectivity index (χ1v) is 16.3. The van der Waals surface area contributed by atoms with Crippen LogP contribution < -0.4 is 9.47 Å². The lowest BCUT2D eigenvalue weighted by molar-refractivity contribution is -0.358. The smallest absolute Gasteiger partial charge is 0.331 e. The Hall–Kier alpha value is -4.49. The van der Waals surface area contributed by atoms with E-state index in [4.69, 9.17) is 42.6 Å². The molecule has 0 radical (unpaired) electrons. The van der Waals surface area contributed by atoms with Gasteiger partial charge < -0.3 is 68.2 Å². The molecule has 0 spiro atoms. The zero-order valence-corrected chi connectivity index (χ0v) is 29.1. The van der Waals surface area contributed by atoms with Crippen LogP contribution in [0, 0.1) is 0 Å². The highest BCUT2D eigenvalue weighted by atomic mass is 16.8. The van der Waals surface area contributed by atoms with Gasteiger partial charge in [0.2, 0.25) is 0 Å². The molecule has 0 bridgehead atoms. The maximum atomic E-state index is 13.2. The number of hydrogen-bond donors (Lipinski definition) is 5. The van der Waals surface area contributed by atoms with Crippen LogP contribution in [0.25, 0.3) is 6.08 Å². The molecule has 2 fully saturated rings. The molecule has 2 aromatic carbocycles. The lowest BCUT2D eigenvalue weighted by atomic mass is 9.96. The van der Waals surface area contributed by atoms with Crippen LogP contribution in [-0.4, -0.2) is 132 Å². The van der Waals surface area contributed by atoms with Gasteiger partial charge in [0.1, 0.15) is 24.4 Å². The van der Waals surface area contributed by atoms with Crippen molar-refractivity contribution in [3.8, 4) is 23.0 Å². The van der Waals surface area contributed by atoms with Gasteiger partial charge in [-0.05, 0) is 54.8 Å². The fraction of sp³-hybridized carbons (Fsp3) is 0.514. The Morgan fingerprint density at radius 2 is 1.48 bits per heavy atom. The average molecular weight is 737 g/mol. The number of phenolic OH excluding ortho intramolecular Hbond substituents is 2. The van der Waals surface area contributed by atoms with Crippen LogP contribution in [0.1, 0.15) is 31.9 Å². The maximum absolute atomic E-state index is 13.2. The van der Waals surface area contributed by atoms with Gasteiger partial charge in [-0.3, -0.25) is 9.59 Å². The molecule has 10 atom stereocenters. The number of aromatic hydroxyl groups is 2. The number of esters is 3. The first-order valence-electron chi connectivity index (χ1n) is 16.3. The number of aliphatic hydroxyl groups is 3. The summed E-state index contributed by atoms with van der Waals surface area (Å²) >= 11 is 0. The molecule has 286 valence electrons. The second kappa shape index (κ2) is 18.3. The Morgan fingerprint density at radius 3 is 2.12 bits per heavy atom. The molecule has 2 saturated heterocycles. The topological polar surface area (TPSA) is 235 Å². The van der Waals surface area contributed by atoms with Crippen molar-refractivity contribution in [2.24, 2.45) is 0 Å². The number of carbonyl (C=O) groups is 3. The minimum Gasteiger partial charge on any atom is -0.504 e. The zero-order chi connectivity index (χ0) is 38.1. The molecular formula is C35H44O17. The van der Waals surface area contributed by atoms with Gasteiger partial charge in [-0.15, -0.1) is 0 Å². The maximum Gasteiger partial charge on any atom is 0.331 e. The predicted octanol–water partition coefficient (Wildman–Crippen LogP) is 0.732. The molecule has 2 unspecified atom stereocenters. The number of hydrogen-bond acceptors (Lipinski definition) is 17. The molecule has 52 heavy (non-hydrogen) atoms. The van der Waals surface area contributed by atoms with Crippen LogP contribution in [0.5, 0.6) is 23.0 Å². The van der Waals surface area contributed by atoms with Crippen molar-refractivity contribution in [2.45, 2.75) is 88.6 Å². The largest absolute Gasteiger partial charge is 0.504 e. The fourth-order valence-corrected chi connectivity index (χ4v) is 5.69. The summed E-state index contributed by atoms with van der Waals surface area (Å²) in [5, 5.41) is 52.8. The van der Waals surface area contributed by atoms with E-state index in [-0.39, 0.29) is 36.0 Å². The van der Waals surface area contributed by atoms with Gasteiger partial charge in [0.05, 0.1) is 33.5 Å². The van der Waals surface area contributed by atoms with Gasteiger partial charge >= 0.3 is 17.9 Å². The van der Waals surface area contributed by atoms with E-state index < -0.39 is 85.9 Å². The highest BCUT2D eigenvalue weighted by molar-refractivity contribution is 5.87. The molecule has 4 rings (SSSR count). The van der Waals surface area contributed by atoms with Crippen molar-refractivity contribution < 1.29 is 82.5 Å². The van der Waals surface area contributed by atoms with Crippen molar-refractivity contribution in [3.63, 3.8) is 0 Å².